The molecule has 0 radical (unpaired) electrons. The molecule has 7 nitrogen and oxygen atoms in total. The lowest BCUT2D eigenvalue weighted by atomic mass is 9.97. The molecule has 0 N–H and O–H groups in total. The molecule has 2 saturated heterocycles. The van der Waals surface area contributed by atoms with Gasteiger partial charge in [0.15, 0.2) is 0 Å². The summed E-state index contributed by atoms with van der Waals surface area (Å²) in [5.74, 6) is -1.23. The van der Waals surface area contributed by atoms with Crippen LogP contribution in [-0.2, 0) is 19.6 Å². The predicted octanol–water partition coefficient (Wildman–Crippen LogP) is 1.31. The van der Waals surface area contributed by atoms with Gasteiger partial charge in [-0.3, -0.25) is 9.59 Å². The molecule has 0 aromatic heterocycles. The summed E-state index contributed by atoms with van der Waals surface area (Å²) in [5, 5.41) is 0. The average molecular weight is 411 g/mol. The highest BCUT2D eigenvalue weighted by molar-refractivity contribution is 7.89. The SMILES string of the molecule is CN(C)C(=O)[C@H]1CCCN1C(=O)[C@H]1CCCN(S(=O)(=O)c2ccc(F)cc2)C1. The van der Waals surface area contributed by atoms with E-state index in [0.717, 1.165) is 18.6 Å². The molecule has 2 heterocycles. The first kappa shape index (κ1) is 20.7. The number of amides is 2. The molecule has 154 valence electrons. The van der Waals surface area contributed by atoms with Gasteiger partial charge < -0.3 is 9.80 Å². The molecule has 0 spiro atoms. The zero-order chi connectivity index (χ0) is 20.5. The van der Waals surface area contributed by atoms with Gasteiger partial charge in [-0.2, -0.15) is 4.31 Å². The average Bonchev–Trinajstić information content (AvgIpc) is 3.16. The Kier molecular flexibility index (Phi) is 6.04. The van der Waals surface area contributed by atoms with Crippen molar-refractivity contribution in [1.29, 1.82) is 0 Å². The van der Waals surface area contributed by atoms with Crippen molar-refractivity contribution in [3.05, 3.63) is 30.1 Å². The maximum atomic E-state index is 13.1. The second-order valence-electron chi connectivity index (χ2n) is 7.58. The molecule has 1 aromatic carbocycles. The van der Waals surface area contributed by atoms with Crippen LogP contribution in [0.5, 0.6) is 0 Å². The van der Waals surface area contributed by atoms with Crippen molar-refractivity contribution in [3.8, 4) is 0 Å². The molecule has 0 bridgehead atoms. The summed E-state index contributed by atoms with van der Waals surface area (Å²) in [6, 6.07) is 4.24. The molecule has 0 aliphatic carbocycles. The van der Waals surface area contributed by atoms with Crippen LogP contribution in [0, 0.1) is 11.7 Å². The summed E-state index contributed by atoms with van der Waals surface area (Å²) in [4.78, 5) is 28.6. The molecule has 2 aliphatic rings. The molecule has 0 unspecified atom stereocenters. The van der Waals surface area contributed by atoms with Gasteiger partial charge in [-0.15, -0.1) is 0 Å². The molecular formula is C19H26FN3O4S. The van der Waals surface area contributed by atoms with Gasteiger partial charge in [-0.1, -0.05) is 0 Å². The van der Waals surface area contributed by atoms with E-state index in [2.05, 4.69) is 0 Å². The van der Waals surface area contributed by atoms with E-state index in [1.807, 2.05) is 0 Å². The summed E-state index contributed by atoms with van der Waals surface area (Å²) in [6.07, 6.45) is 2.55. The van der Waals surface area contributed by atoms with Crippen molar-refractivity contribution in [3.63, 3.8) is 0 Å². The fraction of sp³-hybridized carbons (Fsp3) is 0.579. The maximum Gasteiger partial charge on any atom is 0.244 e. The third-order valence-corrected chi connectivity index (χ3v) is 7.33. The van der Waals surface area contributed by atoms with Crippen molar-refractivity contribution >= 4 is 21.8 Å². The number of hydrogen-bond donors (Lipinski definition) is 0. The number of halogens is 1. The number of hydrogen-bond acceptors (Lipinski definition) is 4. The largest absolute Gasteiger partial charge is 0.347 e. The number of carbonyl (C=O) groups is 2. The Morgan fingerprint density at radius 3 is 2.36 bits per heavy atom. The Balaban J connectivity index is 1.75. The molecule has 1 aromatic rings. The van der Waals surface area contributed by atoms with Crippen LogP contribution in [0.2, 0.25) is 0 Å². The Hall–Kier alpha value is -2.00. The molecule has 2 atom stereocenters. The molecule has 28 heavy (non-hydrogen) atoms. The fourth-order valence-electron chi connectivity index (χ4n) is 3.94. The van der Waals surface area contributed by atoms with Gasteiger partial charge in [0.1, 0.15) is 11.9 Å². The van der Waals surface area contributed by atoms with Crippen molar-refractivity contribution in [1.82, 2.24) is 14.1 Å². The molecule has 3 rings (SSSR count). The number of likely N-dealkylation sites (tertiary alicyclic amines) is 1. The van der Waals surface area contributed by atoms with E-state index < -0.39 is 27.8 Å². The third kappa shape index (κ3) is 4.05. The summed E-state index contributed by atoms with van der Waals surface area (Å²) in [6.45, 7) is 0.922. The lowest BCUT2D eigenvalue weighted by molar-refractivity contribution is -0.145. The summed E-state index contributed by atoms with van der Waals surface area (Å²) >= 11 is 0. The van der Waals surface area contributed by atoms with E-state index in [4.69, 9.17) is 0 Å². The van der Waals surface area contributed by atoms with E-state index in [9.17, 15) is 22.4 Å². The third-order valence-electron chi connectivity index (χ3n) is 5.45. The minimum atomic E-state index is -3.79. The monoisotopic (exact) mass is 411 g/mol. The Bertz CT molecular complexity index is 841. The smallest absolute Gasteiger partial charge is 0.244 e. The highest BCUT2D eigenvalue weighted by atomic mass is 32.2. The minimum absolute atomic E-state index is 0.0174. The lowest BCUT2D eigenvalue weighted by Gasteiger charge is -2.35. The molecule has 0 saturated carbocycles. The van der Waals surface area contributed by atoms with Gasteiger partial charge in [-0.25, -0.2) is 12.8 Å². The summed E-state index contributed by atoms with van der Waals surface area (Å²) in [7, 11) is -0.456. The van der Waals surface area contributed by atoms with Crippen LogP contribution >= 0.6 is 0 Å². The van der Waals surface area contributed by atoms with Crippen LogP contribution in [0.3, 0.4) is 0 Å². The second-order valence-corrected chi connectivity index (χ2v) is 9.52. The summed E-state index contributed by atoms with van der Waals surface area (Å²) < 4.78 is 40.2. The van der Waals surface area contributed by atoms with E-state index >= 15 is 0 Å². The van der Waals surface area contributed by atoms with Gasteiger partial charge in [0.05, 0.1) is 10.8 Å². The highest BCUT2D eigenvalue weighted by Gasteiger charge is 2.40. The lowest BCUT2D eigenvalue weighted by Crippen LogP contribution is -2.51. The number of piperidine rings is 1. The standard InChI is InChI=1S/C19H26FN3O4S/c1-21(2)19(25)17-6-4-12-23(17)18(24)14-5-3-11-22(13-14)28(26,27)16-9-7-15(20)8-10-16/h7-10,14,17H,3-6,11-13H2,1-2H3/t14-,17+/m0/s1. The topological polar surface area (TPSA) is 78.0 Å². The Labute approximate surface area is 165 Å². The zero-order valence-electron chi connectivity index (χ0n) is 16.2. The molecule has 2 amide bonds. The minimum Gasteiger partial charge on any atom is -0.347 e. The number of likely N-dealkylation sites (N-methyl/N-ethyl adjacent to an activating group) is 1. The van der Waals surface area contributed by atoms with E-state index in [1.54, 1.807) is 19.0 Å². The first-order valence-corrected chi connectivity index (χ1v) is 10.9. The molecular weight excluding hydrogens is 385 g/mol. The number of sulfonamides is 1. The van der Waals surface area contributed by atoms with Gasteiger partial charge in [0, 0.05) is 33.7 Å². The fourth-order valence-corrected chi connectivity index (χ4v) is 5.46. The molecule has 9 heteroatoms. The van der Waals surface area contributed by atoms with E-state index in [-0.39, 0.29) is 23.3 Å². The zero-order valence-corrected chi connectivity index (χ0v) is 17.0. The molecule has 2 aliphatic heterocycles. The maximum absolute atomic E-state index is 13.1. The highest BCUT2D eigenvalue weighted by Crippen LogP contribution is 2.28. The van der Waals surface area contributed by atoms with Crippen LogP contribution in [0.1, 0.15) is 25.7 Å². The predicted molar refractivity (Wildman–Crippen MR) is 101 cm³/mol. The second kappa shape index (κ2) is 8.16. The normalized spacial score (nSPS) is 23.6. The number of benzene rings is 1. The number of carbonyl (C=O) groups excluding carboxylic acids is 2. The molecule has 2 fully saturated rings. The van der Waals surface area contributed by atoms with E-state index in [0.29, 0.717) is 32.4 Å². The Morgan fingerprint density at radius 1 is 1.07 bits per heavy atom. The number of rotatable bonds is 4. The van der Waals surface area contributed by atoms with Crippen molar-refractivity contribution in [2.24, 2.45) is 5.92 Å². The van der Waals surface area contributed by atoms with Crippen LogP contribution in [-0.4, -0.2) is 74.1 Å². The van der Waals surface area contributed by atoms with Crippen LogP contribution < -0.4 is 0 Å². The van der Waals surface area contributed by atoms with Crippen molar-refractivity contribution < 1.29 is 22.4 Å². The quantitative estimate of drug-likeness (QED) is 0.748. The van der Waals surface area contributed by atoms with Crippen molar-refractivity contribution in [2.75, 3.05) is 33.7 Å². The first-order chi connectivity index (χ1) is 13.2. The van der Waals surface area contributed by atoms with Crippen molar-refractivity contribution in [2.45, 2.75) is 36.6 Å². The van der Waals surface area contributed by atoms with E-state index in [1.165, 1.54) is 21.3 Å². The van der Waals surface area contributed by atoms with Gasteiger partial charge in [-0.05, 0) is 49.9 Å². The van der Waals surface area contributed by atoms with Crippen LogP contribution in [0.4, 0.5) is 4.39 Å². The first-order valence-electron chi connectivity index (χ1n) is 9.49. The summed E-state index contributed by atoms with van der Waals surface area (Å²) in [5.41, 5.74) is 0. The van der Waals surface area contributed by atoms with Gasteiger partial charge >= 0.3 is 0 Å². The Morgan fingerprint density at radius 2 is 1.71 bits per heavy atom. The number of nitrogens with zero attached hydrogens (tertiary/aromatic N) is 3. The van der Waals surface area contributed by atoms with Gasteiger partial charge in [0.2, 0.25) is 21.8 Å². The van der Waals surface area contributed by atoms with Crippen LogP contribution in [0.15, 0.2) is 29.2 Å². The van der Waals surface area contributed by atoms with Crippen LogP contribution in [0.25, 0.3) is 0 Å². The van der Waals surface area contributed by atoms with Gasteiger partial charge in [0.25, 0.3) is 0 Å².